The van der Waals surface area contributed by atoms with Crippen LogP contribution in [0, 0.1) is 5.92 Å². The van der Waals surface area contributed by atoms with E-state index < -0.39 is 0 Å². The molecule has 45 heavy (non-hydrogen) atoms. The zero-order valence-corrected chi connectivity index (χ0v) is 31.3. The Morgan fingerprint density at radius 1 is 0.467 bits per heavy atom. The van der Waals surface area contributed by atoms with Crippen molar-refractivity contribution in [2.45, 2.75) is 137 Å². The molecule has 0 aromatic heterocycles. The predicted molar refractivity (Wildman–Crippen MR) is 187 cm³/mol. The van der Waals surface area contributed by atoms with E-state index in [0.717, 1.165) is 64.3 Å². The molecule has 0 bridgehead atoms. The Morgan fingerprint density at radius 2 is 0.911 bits per heavy atom. The van der Waals surface area contributed by atoms with Crippen LogP contribution in [0.15, 0.2) is 0 Å². The normalized spacial score (nSPS) is 13.7. The monoisotopic (exact) mass is 655 g/mol. The number of aliphatic hydroxyl groups is 1. The van der Waals surface area contributed by atoms with Crippen LogP contribution in [-0.4, -0.2) is 117 Å². The summed E-state index contributed by atoms with van der Waals surface area (Å²) in [6, 6.07) is 0. The van der Waals surface area contributed by atoms with Gasteiger partial charge in [-0.15, -0.1) is 0 Å². The molecule has 0 saturated carbocycles. The summed E-state index contributed by atoms with van der Waals surface area (Å²) in [7, 11) is 3.37. The zero-order valence-electron chi connectivity index (χ0n) is 31.3. The Morgan fingerprint density at radius 3 is 1.38 bits per heavy atom. The second kappa shape index (κ2) is 43.6. The van der Waals surface area contributed by atoms with Crippen LogP contribution in [0.4, 0.5) is 0 Å². The first kappa shape index (κ1) is 49.0. The van der Waals surface area contributed by atoms with Gasteiger partial charge in [0.2, 0.25) is 0 Å². The van der Waals surface area contributed by atoms with Crippen molar-refractivity contribution in [3.8, 4) is 0 Å². The maximum absolute atomic E-state index is 8.62. The molecule has 0 amide bonds. The molecule has 0 aliphatic rings. The van der Waals surface area contributed by atoms with Gasteiger partial charge in [-0.2, -0.15) is 0 Å². The first-order chi connectivity index (χ1) is 21.9. The SMILES string of the molecule is CCC(C)CCOCC(CC)OCCO.CCCCCOC(CC)COCCOC.CCCCCOCC(CC)OCCOC. The van der Waals surface area contributed by atoms with Gasteiger partial charge < -0.3 is 43.0 Å². The molecule has 0 aliphatic heterocycles. The molecular formula is C36H78O9. The maximum Gasteiger partial charge on any atom is 0.0807 e. The van der Waals surface area contributed by atoms with E-state index in [-0.39, 0.29) is 24.9 Å². The predicted octanol–water partition coefficient (Wildman–Crippen LogP) is 7.50. The third kappa shape index (κ3) is 41.6. The number of ether oxygens (including phenoxy) is 8. The highest BCUT2D eigenvalue weighted by Crippen LogP contribution is 2.07. The second-order valence-corrected chi connectivity index (χ2v) is 11.4. The second-order valence-electron chi connectivity index (χ2n) is 11.4. The number of unbranched alkanes of at least 4 members (excludes halogenated alkanes) is 4. The van der Waals surface area contributed by atoms with E-state index in [4.69, 9.17) is 43.0 Å². The van der Waals surface area contributed by atoms with E-state index in [9.17, 15) is 0 Å². The van der Waals surface area contributed by atoms with Gasteiger partial charge in [-0.3, -0.25) is 0 Å². The van der Waals surface area contributed by atoms with Crippen molar-refractivity contribution in [3.05, 3.63) is 0 Å². The van der Waals surface area contributed by atoms with Gasteiger partial charge in [0.25, 0.3) is 0 Å². The molecule has 0 fully saturated rings. The highest BCUT2D eigenvalue weighted by atomic mass is 16.6. The van der Waals surface area contributed by atoms with Gasteiger partial charge in [0.15, 0.2) is 0 Å². The molecule has 0 radical (unpaired) electrons. The summed E-state index contributed by atoms with van der Waals surface area (Å²) in [6.07, 6.45) is 13.2. The number of rotatable bonds is 32. The molecule has 0 aromatic rings. The van der Waals surface area contributed by atoms with E-state index in [0.29, 0.717) is 52.9 Å². The standard InChI is InChI=1S/3C12H26O3/c1-4-11(3)6-8-14-10-12(5-2)15-9-7-13;1-4-6-7-8-15-12(5-2)11-14-10-9-13-3;1-4-6-7-8-14-11-12(5-2)15-10-9-13-3/h11-13H,4-10H2,1-3H3;2*12H,4-11H2,1-3H3. The lowest BCUT2D eigenvalue weighted by Gasteiger charge is -2.16. The van der Waals surface area contributed by atoms with Gasteiger partial charge >= 0.3 is 0 Å². The molecule has 9 nitrogen and oxygen atoms in total. The third-order valence-corrected chi connectivity index (χ3v) is 7.24. The molecule has 4 unspecified atom stereocenters. The van der Waals surface area contributed by atoms with Crippen molar-refractivity contribution >= 4 is 0 Å². The average Bonchev–Trinajstić information content (AvgIpc) is 3.06. The van der Waals surface area contributed by atoms with Gasteiger partial charge in [0.1, 0.15) is 0 Å². The summed E-state index contributed by atoms with van der Waals surface area (Å²) in [6.45, 7) is 22.9. The topological polar surface area (TPSA) is 94.1 Å². The average molecular weight is 655 g/mol. The Hall–Kier alpha value is -0.360. The van der Waals surface area contributed by atoms with Gasteiger partial charge in [0.05, 0.1) is 77.8 Å². The lowest BCUT2D eigenvalue weighted by Crippen LogP contribution is -2.21. The smallest absolute Gasteiger partial charge is 0.0807 e. The van der Waals surface area contributed by atoms with Crippen LogP contribution in [-0.2, 0) is 37.9 Å². The summed E-state index contributed by atoms with van der Waals surface area (Å²) in [5.74, 6) is 0.739. The van der Waals surface area contributed by atoms with Crippen LogP contribution in [0.5, 0.6) is 0 Å². The molecule has 276 valence electrons. The summed E-state index contributed by atoms with van der Waals surface area (Å²) in [5.41, 5.74) is 0. The molecular weight excluding hydrogens is 576 g/mol. The maximum atomic E-state index is 8.62. The van der Waals surface area contributed by atoms with Crippen LogP contribution in [0.3, 0.4) is 0 Å². The largest absolute Gasteiger partial charge is 0.394 e. The van der Waals surface area contributed by atoms with Crippen LogP contribution >= 0.6 is 0 Å². The van der Waals surface area contributed by atoms with Crippen molar-refractivity contribution < 1.29 is 43.0 Å². The van der Waals surface area contributed by atoms with Crippen LogP contribution < -0.4 is 0 Å². The first-order valence-corrected chi connectivity index (χ1v) is 18.1. The highest BCUT2D eigenvalue weighted by Gasteiger charge is 2.08. The molecule has 9 heteroatoms. The Bertz CT molecular complexity index is 487. The first-order valence-electron chi connectivity index (χ1n) is 18.1. The molecule has 0 aromatic carbocycles. The fourth-order valence-electron chi connectivity index (χ4n) is 3.70. The summed E-state index contributed by atoms with van der Waals surface area (Å²) < 4.78 is 43.1. The van der Waals surface area contributed by atoms with E-state index in [1.807, 2.05) is 0 Å². The third-order valence-electron chi connectivity index (χ3n) is 7.24. The zero-order chi connectivity index (χ0) is 34.2. The fourth-order valence-corrected chi connectivity index (χ4v) is 3.70. The molecule has 1 N–H and O–H groups in total. The molecule has 0 spiro atoms. The minimum atomic E-state index is 0.0867. The minimum absolute atomic E-state index is 0.0867. The Kier molecular flexibility index (Phi) is 47.5. The number of methoxy groups -OCH3 is 2. The number of hydrogen-bond acceptors (Lipinski definition) is 9. The van der Waals surface area contributed by atoms with Gasteiger partial charge in [-0.05, 0) is 44.4 Å². The molecule has 0 saturated heterocycles. The van der Waals surface area contributed by atoms with Crippen LogP contribution in [0.1, 0.15) is 119 Å². The Balaban J connectivity index is -0.000000588. The molecule has 0 aliphatic carbocycles. The van der Waals surface area contributed by atoms with Crippen molar-refractivity contribution in [1.29, 1.82) is 0 Å². The summed E-state index contributed by atoms with van der Waals surface area (Å²) in [4.78, 5) is 0. The van der Waals surface area contributed by atoms with E-state index in [1.54, 1.807) is 14.2 Å². The van der Waals surface area contributed by atoms with Gasteiger partial charge in [0, 0.05) is 34.0 Å². The summed E-state index contributed by atoms with van der Waals surface area (Å²) >= 11 is 0. The fraction of sp³-hybridized carbons (Fsp3) is 1.00. The van der Waals surface area contributed by atoms with E-state index >= 15 is 0 Å². The van der Waals surface area contributed by atoms with Gasteiger partial charge in [-0.25, -0.2) is 0 Å². The Labute approximate surface area is 279 Å². The van der Waals surface area contributed by atoms with Crippen molar-refractivity contribution in [3.63, 3.8) is 0 Å². The van der Waals surface area contributed by atoms with Crippen molar-refractivity contribution in [2.75, 3.05) is 93.5 Å². The quantitative estimate of drug-likeness (QED) is 0.0740. The molecule has 4 atom stereocenters. The van der Waals surface area contributed by atoms with E-state index in [1.165, 1.54) is 32.1 Å². The number of hydrogen-bond donors (Lipinski definition) is 1. The molecule has 0 heterocycles. The van der Waals surface area contributed by atoms with Gasteiger partial charge in [-0.1, -0.05) is 80.6 Å². The molecule has 0 rings (SSSR count). The van der Waals surface area contributed by atoms with Crippen molar-refractivity contribution in [2.24, 2.45) is 5.92 Å². The lowest BCUT2D eigenvalue weighted by molar-refractivity contribution is -0.0343. The lowest BCUT2D eigenvalue weighted by atomic mass is 10.1. The highest BCUT2D eigenvalue weighted by molar-refractivity contribution is 4.56. The number of aliphatic hydroxyl groups excluding tert-OH is 1. The minimum Gasteiger partial charge on any atom is -0.394 e. The van der Waals surface area contributed by atoms with Crippen LogP contribution in [0.25, 0.3) is 0 Å². The van der Waals surface area contributed by atoms with E-state index in [2.05, 4.69) is 48.5 Å². The van der Waals surface area contributed by atoms with Crippen molar-refractivity contribution in [1.82, 2.24) is 0 Å². The van der Waals surface area contributed by atoms with Crippen LogP contribution in [0.2, 0.25) is 0 Å². The summed E-state index contributed by atoms with van der Waals surface area (Å²) in [5, 5.41) is 8.62.